The van der Waals surface area contributed by atoms with Crippen LogP contribution in [0.1, 0.15) is 27.3 Å². The molecular formula is C10H16N2O2S. The number of rotatable bonds is 5. The van der Waals surface area contributed by atoms with E-state index in [1.54, 1.807) is 0 Å². The van der Waals surface area contributed by atoms with Crippen molar-refractivity contribution in [3.63, 3.8) is 0 Å². The Hall–Kier alpha value is -0.940. The number of carboxylic acids is 1. The Labute approximate surface area is 93.6 Å². The summed E-state index contributed by atoms with van der Waals surface area (Å²) >= 11 is 1.30. The summed E-state index contributed by atoms with van der Waals surface area (Å²) in [4.78, 5) is 17.7. The third kappa shape index (κ3) is 3.28. The Morgan fingerprint density at radius 1 is 1.53 bits per heavy atom. The predicted molar refractivity (Wildman–Crippen MR) is 60.7 cm³/mol. The van der Waals surface area contributed by atoms with E-state index >= 15 is 0 Å². The van der Waals surface area contributed by atoms with E-state index in [2.05, 4.69) is 9.88 Å². The van der Waals surface area contributed by atoms with Crippen molar-refractivity contribution in [3.8, 4) is 0 Å². The number of likely N-dealkylation sites (N-methyl/N-ethyl adjacent to an activating group) is 1. The number of carboxylic acid groups (broad SMARTS) is 1. The molecule has 0 aliphatic heterocycles. The van der Waals surface area contributed by atoms with Crippen LogP contribution in [0.25, 0.3) is 0 Å². The molecule has 1 heterocycles. The van der Waals surface area contributed by atoms with Crippen LogP contribution in [0.5, 0.6) is 0 Å². The van der Waals surface area contributed by atoms with Crippen molar-refractivity contribution in [3.05, 3.63) is 15.6 Å². The van der Waals surface area contributed by atoms with Crippen molar-refractivity contribution < 1.29 is 9.90 Å². The van der Waals surface area contributed by atoms with Gasteiger partial charge in [0.25, 0.3) is 0 Å². The molecular weight excluding hydrogens is 212 g/mol. The molecule has 0 unspecified atom stereocenters. The number of aromatic nitrogens is 1. The summed E-state index contributed by atoms with van der Waals surface area (Å²) in [6, 6.07) is 0. The van der Waals surface area contributed by atoms with Crippen LogP contribution in [0.15, 0.2) is 0 Å². The van der Waals surface area contributed by atoms with Gasteiger partial charge in [-0.1, -0.05) is 6.92 Å². The standard InChI is InChI=1S/C10H16N2O2S/c1-4-7-9(10(13)14)15-8(11-7)5-6-12(2)3/h4-6H2,1-3H3,(H,13,14). The molecule has 1 aromatic heterocycles. The monoisotopic (exact) mass is 228 g/mol. The molecule has 0 radical (unpaired) electrons. The fourth-order valence-electron chi connectivity index (χ4n) is 1.23. The Balaban J connectivity index is 2.78. The first kappa shape index (κ1) is 12.1. The van der Waals surface area contributed by atoms with E-state index in [1.807, 2.05) is 21.0 Å². The Morgan fingerprint density at radius 3 is 2.60 bits per heavy atom. The fourth-order valence-corrected chi connectivity index (χ4v) is 2.21. The molecule has 0 fully saturated rings. The average molecular weight is 228 g/mol. The molecule has 0 spiro atoms. The highest BCUT2D eigenvalue weighted by molar-refractivity contribution is 7.13. The van der Waals surface area contributed by atoms with Crippen molar-refractivity contribution in [2.24, 2.45) is 0 Å². The first-order valence-corrected chi connectivity index (χ1v) is 5.72. The van der Waals surface area contributed by atoms with Crippen LogP contribution in [0, 0.1) is 0 Å². The fraction of sp³-hybridized carbons (Fsp3) is 0.600. The highest BCUT2D eigenvalue weighted by Crippen LogP contribution is 2.19. The number of nitrogens with zero attached hydrogens (tertiary/aromatic N) is 2. The molecule has 15 heavy (non-hydrogen) atoms. The van der Waals surface area contributed by atoms with Gasteiger partial charge < -0.3 is 10.0 Å². The number of hydrogen-bond acceptors (Lipinski definition) is 4. The van der Waals surface area contributed by atoms with Gasteiger partial charge in [0.15, 0.2) is 0 Å². The molecule has 84 valence electrons. The van der Waals surface area contributed by atoms with Gasteiger partial charge >= 0.3 is 5.97 Å². The summed E-state index contributed by atoms with van der Waals surface area (Å²) in [5, 5.41) is 9.86. The van der Waals surface area contributed by atoms with E-state index in [4.69, 9.17) is 5.11 Å². The van der Waals surface area contributed by atoms with E-state index in [1.165, 1.54) is 11.3 Å². The molecule has 1 rings (SSSR count). The number of aryl methyl sites for hydroxylation is 1. The van der Waals surface area contributed by atoms with Gasteiger partial charge in [-0.2, -0.15) is 0 Å². The molecule has 4 nitrogen and oxygen atoms in total. The first-order chi connectivity index (χ1) is 7.04. The largest absolute Gasteiger partial charge is 0.477 e. The van der Waals surface area contributed by atoms with Crippen LogP contribution in [0.3, 0.4) is 0 Å². The number of hydrogen-bond donors (Lipinski definition) is 1. The van der Waals surface area contributed by atoms with Crippen LogP contribution < -0.4 is 0 Å². The van der Waals surface area contributed by atoms with Crippen molar-refractivity contribution >= 4 is 17.3 Å². The van der Waals surface area contributed by atoms with E-state index in [9.17, 15) is 4.79 Å². The van der Waals surface area contributed by atoms with Gasteiger partial charge in [-0.15, -0.1) is 11.3 Å². The summed E-state index contributed by atoms with van der Waals surface area (Å²) in [5.41, 5.74) is 0.709. The lowest BCUT2D eigenvalue weighted by Crippen LogP contribution is -2.14. The molecule has 0 aliphatic carbocycles. The third-order valence-electron chi connectivity index (χ3n) is 2.04. The zero-order valence-electron chi connectivity index (χ0n) is 9.28. The molecule has 0 aromatic carbocycles. The predicted octanol–water partition coefficient (Wildman–Crippen LogP) is 1.51. The minimum absolute atomic E-state index is 0.395. The molecule has 0 bridgehead atoms. The van der Waals surface area contributed by atoms with Gasteiger partial charge in [0, 0.05) is 13.0 Å². The van der Waals surface area contributed by atoms with E-state index in [0.717, 1.165) is 18.0 Å². The molecule has 0 amide bonds. The summed E-state index contributed by atoms with van der Waals surface area (Å²) in [5.74, 6) is -0.861. The number of thiazole rings is 1. The smallest absolute Gasteiger partial charge is 0.347 e. The van der Waals surface area contributed by atoms with Crippen LogP contribution in [-0.2, 0) is 12.8 Å². The SMILES string of the molecule is CCc1nc(CCN(C)C)sc1C(=O)O. The Kier molecular flexibility index (Phi) is 4.23. The lowest BCUT2D eigenvalue weighted by Gasteiger charge is -2.06. The zero-order valence-corrected chi connectivity index (χ0v) is 10.1. The number of aromatic carboxylic acids is 1. The maximum absolute atomic E-state index is 10.9. The van der Waals surface area contributed by atoms with Gasteiger partial charge in [0.2, 0.25) is 0 Å². The van der Waals surface area contributed by atoms with E-state index in [0.29, 0.717) is 17.0 Å². The van der Waals surface area contributed by atoms with Gasteiger partial charge in [0.05, 0.1) is 10.7 Å². The van der Waals surface area contributed by atoms with Gasteiger partial charge in [-0.05, 0) is 20.5 Å². The van der Waals surface area contributed by atoms with Gasteiger partial charge in [-0.3, -0.25) is 0 Å². The van der Waals surface area contributed by atoms with Crippen molar-refractivity contribution in [1.29, 1.82) is 0 Å². The minimum atomic E-state index is -0.861. The molecule has 0 saturated heterocycles. The molecule has 5 heteroatoms. The molecule has 0 atom stereocenters. The topological polar surface area (TPSA) is 53.4 Å². The second-order valence-corrected chi connectivity index (χ2v) is 4.68. The van der Waals surface area contributed by atoms with Gasteiger partial charge in [0.1, 0.15) is 4.88 Å². The molecule has 1 aromatic rings. The maximum Gasteiger partial charge on any atom is 0.347 e. The van der Waals surface area contributed by atoms with Crippen LogP contribution in [0.4, 0.5) is 0 Å². The lowest BCUT2D eigenvalue weighted by molar-refractivity contribution is 0.0701. The van der Waals surface area contributed by atoms with Crippen LogP contribution >= 0.6 is 11.3 Å². The molecule has 0 saturated carbocycles. The second kappa shape index (κ2) is 5.23. The normalized spacial score (nSPS) is 10.9. The summed E-state index contributed by atoms with van der Waals surface area (Å²) < 4.78 is 0. The quantitative estimate of drug-likeness (QED) is 0.830. The van der Waals surface area contributed by atoms with E-state index < -0.39 is 5.97 Å². The van der Waals surface area contributed by atoms with Crippen LogP contribution in [0.2, 0.25) is 0 Å². The van der Waals surface area contributed by atoms with Crippen molar-refractivity contribution in [2.75, 3.05) is 20.6 Å². The minimum Gasteiger partial charge on any atom is -0.477 e. The van der Waals surface area contributed by atoms with Crippen LogP contribution in [-0.4, -0.2) is 41.6 Å². The van der Waals surface area contributed by atoms with Crippen molar-refractivity contribution in [1.82, 2.24) is 9.88 Å². The molecule has 1 N–H and O–H groups in total. The summed E-state index contributed by atoms with van der Waals surface area (Å²) in [6.07, 6.45) is 1.50. The number of carbonyl (C=O) groups is 1. The Morgan fingerprint density at radius 2 is 2.20 bits per heavy atom. The van der Waals surface area contributed by atoms with E-state index in [-0.39, 0.29) is 0 Å². The van der Waals surface area contributed by atoms with Gasteiger partial charge in [-0.25, -0.2) is 9.78 Å². The summed E-state index contributed by atoms with van der Waals surface area (Å²) in [7, 11) is 3.99. The van der Waals surface area contributed by atoms with Crippen molar-refractivity contribution in [2.45, 2.75) is 19.8 Å². The average Bonchev–Trinajstić information content (AvgIpc) is 2.57. The first-order valence-electron chi connectivity index (χ1n) is 4.91. The highest BCUT2D eigenvalue weighted by atomic mass is 32.1. The highest BCUT2D eigenvalue weighted by Gasteiger charge is 2.15. The third-order valence-corrected chi connectivity index (χ3v) is 3.19. The molecule has 0 aliphatic rings. The lowest BCUT2D eigenvalue weighted by atomic mass is 10.3. The zero-order chi connectivity index (χ0) is 11.4. The summed E-state index contributed by atoms with van der Waals surface area (Å²) in [6.45, 7) is 2.83. The maximum atomic E-state index is 10.9. The Bertz CT molecular complexity index is 347. The second-order valence-electron chi connectivity index (χ2n) is 3.60.